The van der Waals surface area contributed by atoms with Crippen LogP contribution in [0.2, 0.25) is 0 Å². The average molecular weight is 386 g/mol. The van der Waals surface area contributed by atoms with Crippen molar-refractivity contribution in [2.45, 2.75) is 18.5 Å². The Balaban J connectivity index is 1.70. The fraction of sp³-hybridized carbons (Fsp3) is 0.235. The first kappa shape index (κ1) is 15.1. The molecule has 1 aliphatic heterocycles. The van der Waals surface area contributed by atoms with Crippen LogP contribution in [0.3, 0.4) is 0 Å². The normalized spacial score (nSPS) is 19.4. The third-order valence-corrected chi connectivity index (χ3v) is 4.80. The van der Waals surface area contributed by atoms with E-state index in [2.05, 4.69) is 61.0 Å². The predicted molar refractivity (Wildman–Crippen MR) is 94.1 cm³/mol. The third-order valence-electron chi connectivity index (χ3n) is 4.30. The maximum Gasteiger partial charge on any atom is 0.243 e. The minimum atomic E-state index is 0.0751. The first-order valence-corrected chi connectivity index (χ1v) is 8.48. The number of aromatic nitrogens is 4. The predicted octanol–water partition coefficient (Wildman–Crippen LogP) is 3.59. The van der Waals surface area contributed by atoms with Crippen LogP contribution < -0.4 is 10.1 Å². The molecule has 3 aromatic rings. The number of hydrogen-bond acceptors (Lipinski definition) is 5. The van der Waals surface area contributed by atoms with Crippen molar-refractivity contribution in [3.8, 4) is 5.75 Å². The van der Waals surface area contributed by atoms with Crippen LogP contribution in [0.15, 0.2) is 53.0 Å². The molecule has 2 heterocycles. The van der Waals surface area contributed by atoms with Crippen LogP contribution >= 0.6 is 15.9 Å². The molecule has 4 rings (SSSR count). The SMILES string of the molecule is COc1ccc([C@@H]2C[C@@H](c3cccc(Br)c3)Nc3nnnn32)cc1. The standard InChI is InChI=1S/C17H16BrN5O/c1-24-14-7-5-11(6-8-14)16-10-15(12-3-2-4-13(18)9-12)19-17-20-21-22-23(16)17/h2-9,15-16H,10H2,1H3,(H,19,20,22)/t15-,16-/m0/s1. The summed E-state index contributed by atoms with van der Waals surface area (Å²) in [6.45, 7) is 0. The Bertz CT molecular complexity index is 848. The number of halogens is 1. The van der Waals surface area contributed by atoms with Crippen LogP contribution in [0, 0.1) is 0 Å². The maximum absolute atomic E-state index is 5.25. The van der Waals surface area contributed by atoms with Crippen LogP contribution in [0.25, 0.3) is 0 Å². The summed E-state index contributed by atoms with van der Waals surface area (Å²) in [4.78, 5) is 0. The van der Waals surface area contributed by atoms with Gasteiger partial charge in [-0.05, 0) is 52.2 Å². The minimum absolute atomic E-state index is 0.0751. The Kier molecular flexibility index (Phi) is 3.93. The molecule has 122 valence electrons. The lowest BCUT2D eigenvalue weighted by Crippen LogP contribution is -2.28. The Morgan fingerprint density at radius 2 is 2.00 bits per heavy atom. The van der Waals surface area contributed by atoms with Gasteiger partial charge in [-0.1, -0.05) is 45.3 Å². The third kappa shape index (κ3) is 2.75. The van der Waals surface area contributed by atoms with E-state index in [4.69, 9.17) is 4.74 Å². The molecule has 2 aromatic carbocycles. The van der Waals surface area contributed by atoms with Crippen LogP contribution in [-0.4, -0.2) is 27.3 Å². The number of nitrogens with zero attached hydrogens (tertiary/aromatic N) is 4. The van der Waals surface area contributed by atoms with E-state index in [0.717, 1.165) is 22.2 Å². The van der Waals surface area contributed by atoms with Gasteiger partial charge in [-0.2, -0.15) is 0 Å². The van der Waals surface area contributed by atoms with Gasteiger partial charge in [0.15, 0.2) is 0 Å². The number of methoxy groups -OCH3 is 1. The average Bonchev–Trinajstić information content (AvgIpc) is 3.09. The number of fused-ring (bicyclic) bond motifs is 1. The van der Waals surface area contributed by atoms with E-state index in [1.54, 1.807) is 7.11 Å². The second-order valence-electron chi connectivity index (χ2n) is 5.72. The van der Waals surface area contributed by atoms with Gasteiger partial charge < -0.3 is 10.1 Å². The second-order valence-corrected chi connectivity index (χ2v) is 6.64. The van der Waals surface area contributed by atoms with E-state index in [1.165, 1.54) is 5.56 Å². The van der Waals surface area contributed by atoms with Crippen LogP contribution in [0.1, 0.15) is 29.6 Å². The number of nitrogens with one attached hydrogen (secondary N) is 1. The number of tetrazole rings is 1. The van der Waals surface area contributed by atoms with Crippen molar-refractivity contribution in [3.63, 3.8) is 0 Å². The molecule has 0 aliphatic carbocycles. The van der Waals surface area contributed by atoms with Crippen molar-refractivity contribution in [1.29, 1.82) is 0 Å². The Hall–Kier alpha value is -2.41. The van der Waals surface area contributed by atoms with Gasteiger partial charge >= 0.3 is 0 Å². The van der Waals surface area contributed by atoms with Gasteiger partial charge in [-0.15, -0.1) is 0 Å². The van der Waals surface area contributed by atoms with Crippen molar-refractivity contribution >= 4 is 21.9 Å². The summed E-state index contributed by atoms with van der Waals surface area (Å²) in [6.07, 6.45) is 0.862. The first-order chi connectivity index (χ1) is 11.7. The molecule has 0 fully saturated rings. The van der Waals surface area contributed by atoms with Crippen molar-refractivity contribution in [3.05, 3.63) is 64.1 Å². The molecule has 1 aliphatic rings. The summed E-state index contributed by atoms with van der Waals surface area (Å²) in [6, 6.07) is 16.6. The highest BCUT2D eigenvalue weighted by Gasteiger charge is 2.30. The van der Waals surface area contributed by atoms with Crippen molar-refractivity contribution in [1.82, 2.24) is 20.2 Å². The highest BCUT2D eigenvalue weighted by atomic mass is 79.9. The Morgan fingerprint density at radius 3 is 2.75 bits per heavy atom. The topological polar surface area (TPSA) is 64.9 Å². The van der Waals surface area contributed by atoms with Gasteiger partial charge in [0.25, 0.3) is 0 Å². The van der Waals surface area contributed by atoms with E-state index < -0.39 is 0 Å². The number of ether oxygens (including phenoxy) is 1. The molecule has 0 bridgehead atoms. The summed E-state index contributed by atoms with van der Waals surface area (Å²) in [5.41, 5.74) is 2.36. The fourth-order valence-corrected chi connectivity index (χ4v) is 3.50. The Morgan fingerprint density at radius 1 is 1.17 bits per heavy atom. The summed E-state index contributed by atoms with van der Waals surface area (Å²) in [5.74, 6) is 1.53. The van der Waals surface area contributed by atoms with Crippen molar-refractivity contribution in [2.75, 3.05) is 12.4 Å². The minimum Gasteiger partial charge on any atom is -0.497 e. The van der Waals surface area contributed by atoms with Gasteiger partial charge in [0.2, 0.25) is 5.95 Å². The van der Waals surface area contributed by atoms with Crippen LogP contribution in [0.4, 0.5) is 5.95 Å². The molecule has 2 atom stereocenters. The molecular weight excluding hydrogens is 370 g/mol. The van der Waals surface area contributed by atoms with Gasteiger partial charge in [0.1, 0.15) is 5.75 Å². The molecule has 1 aromatic heterocycles. The van der Waals surface area contributed by atoms with Gasteiger partial charge in [-0.3, -0.25) is 0 Å². The number of benzene rings is 2. The van der Waals surface area contributed by atoms with Gasteiger partial charge in [0, 0.05) is 4.47 Å². The van der Waals surface area contributed by atoms with Gasteiger partial charge in [-0.25, -0.2) is 4.68 Å². The van der Waals surface area contributed by atoms with E-state index in [1.807, 2.05) is 28.9 Å². The molecule has 0 saturated heterocycles. The molecule has 0 unspecified atom stereocenters. The lowest BCUT2D eigenvalue weighted by atomic mass is 9.93. The van der Waals surface area contributed by atoms with Crippen LogP contribution in [-0.2, 0) is 0 Å². The van der Waals surface area contributed by atoms with Crippen molar-refractivity contribution in [2.24, 2.45) is 0 Å². The zero-order chi connectivity index (χ0) is 16.5. The summed E-state index contributed by atoms with van der Waals surface area (Å²) >= 11 is 3.54. The summed E-state index contributed by atoms with van der Waals surface area (Å²) < 4.78 is 8.16. The highest BCUT2D eigenvalue weighted by molar-refractivity contribution is 9.10. The maximum atomic E-state index is 5.25. The van der Waals surface area contributed by atoms with Crippen molar-refractivity contribution < 1.29 is 4.74 Å². The van der Waals surface area contributed by atoms with E-state index in [-0.39, 0.29) is 12.1 Å². The molecule has 7 heteroatoms. The molecule has 6 nitrogen and oxygen atoms in total. The lowest BCUT2D eigenvalue weighted by Gasteiger charge is -2.31. The van der Waals surface area contributed by atoms with E-state index >= 15 is 0 Å². The zero-order valence-electron chi connectivity index (χ0n) is 13.1. The quantitative estimate of drug-likeness (QED) is 0.745. The zero-order valence-corrected chi connectivity index (χ0v) is 14.6. The second kappa shape index (κ2) is 6.24. The smallest absolute Gasteiger partial charge is 0.243 e. The fourth-order valence-electron chi connectivity index (χ4n) is 3.08. The Labute approximate surface area is 148 Å². The molecule has 24 heavy (non-hydrogen) atoms. The molecule has 0 radical (unpaired) electrons. The monoisotopic (exact) mass is 385 g/mol. The first-order valence-electron chi connectivity index (χ1n) is 7.68. The molecular formula is C17H16BrN5O. The summed E-state index contributed by atoms with van der Waals surface area (Å²) in [5, 5.41) is 15.5. The number of rotatable bonds is 3. The van der Waals surface area contributed by atoms with E-state index in [9.17, 15) is 0 Å². The lowest BCUT2D eigenvalue weighted by molar-refractivity contribution is 0.410. The number of anilines is 1. The highest BCUT2D eigenvalue weighted by Crippen LogP contribution is 2.37. The van der Waals surface area contributed by atoms with Gasteiger partial charge in [0.05, 0.1) is 19.2 Å². The summed E-state index contributed by atoms with van der Waals surface area (Å²) in [7, 11) is 1.67. The van der Waals surface area contributed by atoms with Crippen LogP contribution in [0.5, 0.6) is 5.75 Å². The molecule has 1 N–H and O–H groups in total. The van der Waals surface area contributed by atoms with E-state index in [0.29, 0.717) is 5.95 Å². The molecule has 0 amide bonds. The molecule has 0 saturated carbocycles. The molecule has 0 spiro atoms. The largest absolute Gasteiger partial charge is 0.497 e. The number of hydrogen-bond donors (Lipinski definition) is 1.